The molecule has 1 fully saturated rings. The molecular weight excluding hydrogens is 278 g/mol. The smallest absolute Gasteiger partial charge is 0.317 e. The number of amides is 3. The Bertz CT molecular complexity index is 537. The Morgan fingerprint density at radius 3 is 2.64 bits per heavy atom. The van der Waals surface area contributed by atoms with Crippen LogP contribution in [0.3, 0.4) is 0 Å². The molecule has 1 aliphatic rings. The fourth-order valence-electron chi connectivity index (χ4n) is 2.86. The lowest BCUT2D eigenvalue weighted by atomic mass is 10.0. The summed E-state index contributed by atoms with van der Waals surface area (Å²) < 4.78 is 0. The molecule has 120 valence electrons. The van der Waals surface area contributed by atoms with E-state index in [-0.39, 0.29) is 18.0 Å². The van der Waals surface area contributed by atoms with Gasteiger partial charge in [-0.3, -0.25) is 4.79 Å². The lowest BCUT2D eigenvalue weighted by Gasteiger charge is -2.23. The summed E-state index contributed by atoms with van der Waals surface area (Å²) in [6.45, 7) is 7.75. The Labute approximate surface area is 132 Å². The van der Waals surface area contributed by atoms with Crippen LogP contribution in [-0.2, 0) is 11.2 Å². The predicted octanol–water partition coefficient (Wildman–Crippen LogP) is 1.77. The number of carbonyl (C=O) groups is 2. The molecule has 0 bridgehead atoms. The van der Waals surface area contributed by atoms with Gasteiger partial charge in [-0.15, -0.1) is 0 Å². The Morgan fingerprint density at radius 2 is 1.95 bits per heavy atom. The van der Waals surface area contributed by atoms with Crippen molar-refractivity contribution in [2.75, 3.05) is 19.6 Å². The molecule has 1 atom stereocenters. The minimum atomic E-state index is -0.0895. The highest BCUT2D eigenvalue weighted by Crippen LogP contribution is 2.11. The summed E-state index contributed by atoms with van der Waals surface area (Å²) >= 11 is 0. The van der Waals surface area contributed by atoms with Crippen LogP contribution in [-0.4, -0.2) is 42.5 Å². The van der Waals surface area contributed by atoms with Crippen LogP contribution in [0.2, 0.25) is 0 Å². The number of nitrogens with one attached hydrogen (secondary N) is 2. The average molecular weight is 303 g/mol. The van der Waals surface area contributed by atoms with Crippen LogP contribution < -0.4 is 10.6 Å². The molecule has 2 N–H and O–H groups in total. The number of carbonyl (C=O) groups excluding carboxylic acids is 2. The normalized spacial score (nSPS) is 16.7. The predicted molar refractivity (Wildman–Crippen MR) is 86.8 cm³/mol. The van der Waals surface area contributed by atoms with E-state index in [1.165, 1.54) is 16.7 Å². The molecule has 5 heteroatoms. The van der Waals surface area contributed by atoms with Gasteiger partial charge in [0.25, 0.3) is 0 Å². The van der Waals surface area contributed by atoms with Crippen LogP contribution in [0, 0.1) is 13.8 Å². The van der Waals surface area contributed by atoms with Crippen molar-refractivity contribution in [3.05, 3.63) is 34.9 Å². The van der Waals surface area contributed by atoms with Crippen LogP contribution in [0.5, 0.6) is 0 Å². The quantitative estimate of drug-likeness (QED) is 0.894. The van der Waals surface area contributed by atoms with Gasteiger partial charge >= 0.3 is 6.03 Å². The van der Waals surface area contributed by atoms with Crippen molar-refractivity contribution >= 4 is 11.9 Å². The molecule has 0 unspecified atom stereocenters. The Hall–Kier alpha value is -2.04. The molecular formula is C17H25N3O2. The lowest BCUT2D eigenvalue weighted by molar-refractivity contribution is -0.120. The second-order valence-electron chi connectivity index (χ2n) is 6.14. The van der Waals surface area contributed by atoms with E-state index in [1.54, 1.807) is 4.90 Å². The maximum absolute atomic E-state index is 12.3. The molecule has 22 heavy (non-hydrogen) atoms. The number of hydrogen-bond acceptors (Lipinski definition) is 2. The zero-order chi connectivity index (χ0) is 16.1. The molecule has 0 aromatic heterocycles. The fourth-order valence-corrected chi connectivity index (χ4v) is 2.86. The van der Waals surface area contributed by atoms with Crippen molar-refractivity contribution in [1.29, 1.82) is 0 Å². The van der Waals surface area contributed by atoms with Crippen LogP contribution in [0.15, 0.2) is 18.2 Å². The van der Waals surface area contributed by atoms with Gasteiger partial charge < -0.3 is 15.5 Å². The minimum Gasteiger partial charge on any atom is -0.354 e. The van der Waals surface area contributed by atoms with E-state index in [4.69, 9.17) is 0 Å². The minimum absolute atomic E-state index is 0.0126. The molecule has 3 amide bonds. The zero-order valence-corrected chi connectivity index (χ0v) is 13.6. The van der Waals surface area contributed by atoms with Gasteiger partial charge in [0.1, 0.15) is 0 Å². The Morgan fingerprint density at radius 1 is 1.27 bits per heavy atom. The van der Waals surface area contributed by atoms with Gasteiger partial charge in [-0.2, -0.15) is 0 Å². The first kappa shape index (κ1) is 16.3. The topological polar surface area (TPSA) is 61.4 Å². The van der Waals surface area contributed by atoms with Crippen LogP contribution in [0.25, 0.3) is 0 Å². The van der Waals surface area contributed by atoms with E-state index < -0.39 is 0 Å². The second-order valence-corrected chi connectivity index (χ2v) is 6.14. The molecule has 5 nitrogen and oxygen atoms in total. The summed E-state index contributed by atoms with van der Waals surface area (Å²) in [6.07, 6.45) is 1.18. The van der Waals surface area contributed by atoms with Crippen molar-refractivity contribution in [2.24, 2.45) is 0 Å². The Balaban J connectivity index is 1.89. The molecule has 1 heterocycles. The second kappa shape index (κ2) is 7.29. The van der Waals surface area contributed by atoms with Crippen molar-refractivity contribution in [3.63, 3.8) is 0 Å². The van der Waals surface area contributed by atoms with Crippen molar-refractivity contribution in [3.8, 4) is 0 Å². The van der Waals surface area contributed by atoms with E-state index in [0.29, 0.717) is 26.1 Å². The summed E-state index contributed by atoms with van der Waals surface area (Å²) in [5, 5.41) is 5.80. The largest absolute Gasteiger partial charge is 0.354 e. The summed E-state index contributed by atoms with van der Waals surface area (Å²) in [5.74, 6) is 0.0126. The first-order valence-corrected chi connectivity index (χ1v) is 7.83. The average Bonchev–Trinajstić information content (AvgIpc) is 2.62. The van der Waals surface area contributed by atoms with Crippen molar-refractivity contribution in [2.45, 2.75) is 39.7 Å². The van der Waals surface area contributed by atoms with Crippen LogP contribution >= 0.6 is 0 Å². The maximum atomic E-state index is 12.3. The van der Waals surface area contributed by atoms with Gasteiger partial charge in [-0.05, 0) is 32.8 Å². The van der Waals surface area contributed by atoms with Crippen molar-refractivity contribution in [1.82, 2.24) is 15.5 Å². The molecule has 0 radical (unpaired) electrons. The van der Waals surface area contributed by atoms with Gasteiger partial charge in [0.15, 0.2) is 0 Å². The molecule has 0 spiro atoms. The SMILES string of the molecule is Cc1cc(C)cc(C[C@H](C)NC(=O)N2CCNC(=O)CC2)c1. The van der Waals surface area contributed by atoms with Gasteiger partial charge in [-0.25, -0.2) is 4.79 Å². The monoisotopic (exact) mass is 303 g/mol. The van der Waals surface area contributed by atoms with Gasteiger partial charge in [-0.1, -0.05) is 29.3 Å². The Kier molecular flexibility index (Phi) is 5.41. The molecule has 1 aliphatic heterocycles. The number of rotatable bonds is 3. The summed E-state index contributed by atoms with van der Waals surface area (Å²) in [4.78, 5) is 25.3. The highest BCUT2D eigenvalue weighted by molar-refractivity contribution is 5.79. The molecule has 0 aliphatic carbocycles. The van der Waals surface area contributed by atoms with E-state index in [0.717, 1.165) is 6.42 Å². The zero-order valence-electron chi connectivity index (χ0n) is 13.6. The number of benzene rings is 1. The summed E-state index contributed by atoms with van der Waals surface area (Å²) in [7, 11) is 0. The number of urea groups is 1. The van der Waals surface area contributed by atoms with Crippen molar-refractivity contribution < 1.29 is 9.59 Å². The third-order valence-electron chi connectivity index (χ3n) is 3.79. The van der Waals surface area contributed by atoms with E-state index in [2.05, 4.69) is 42.7 Å². The van der Waals surface area contributed by atoms with Gasteiger partial charge in [0, 0.05) is 32.1 Å². The standard InChI is InChI=1S/C17H25N3O2/c1-12-8-13(2)10-15(9-12)11-14(3)19-17(22)20-6-4-16(21)18-5-7-20/h8-10,14H,4-7,11H2,1-3H3,(H,18,21)(H,19,22)/t14-/m0/s1. The maximum Gasteiger partial charge on any atom is 0.317 e. The molecule has 1 aromatic carbocycles. The fraction of sp³-hybridized carbons (Fsp3) is 0.529. The summed E-state index contributed by atoms with van der Waals surface area (Å²) in [5.41, 5.74) is 3.72. The molecule has 2 rings (SSSR count). The van der Waals surface area contributed by atoms with E-state index in [1.807, 2.05) is 6.92 Å². The molecule has 1 saturated heterocycles. The lowest BCUT2D eigenvalue weighted by Crippen LogP contribution is -2.45. The molecule has 1 aromatic rings. The van der Waals surface area contributed by atoms with Crippen LogP contribution in [0.4, 0.5) is 4.79 Å². The molecule has 0 saturated carbocycles. The number of hydrogen-bond donors (Lipinski definition) is 2. The first-order valence-electron chi connectivity index (χ1n) is 7.83. The third-order valence-corrected chi connectivity index (χ3v) is 3.79. The van der Waals surface area contributed by atoms with Gasteiger partial charge in [0.2, 0.25) is 5.91 Å². The highest BCUT2D eigenvalue weighted by Gasteiger charge is 2.19. The van der Waals surface area contributed by atoms with E-state index in [9.17, 15) is 9.59 Å². The van der Waals surface area contributed by atoms with E-state index >= 15 is 0 Å². The number of aryl methyl sites for hydroxylation is 2. The highest BCUT2D eigenvalue weighted by atomic mass is 16.2. The number of nitrogens with zero attached hydrogens (tertiary/aromatic N) is 1. The third kappa shape index (κ3) is 4.76. The van der Waals surface area contributed by atoms with Crippen LogP contribution in [0.1, 0.15) is 30.0 Å². The first-order chi connectivity index (χ1) is 10.4. The van der Waals surface area contributed by atoms with Gasteiger partial charge in [0.05, 0.1) is 0 Å². The summed E-state index contributed by atoms with van der Waals surface area (Å²) in [6, 6.07) is 6.43.